The summed E-state index contributed by atoms with van der Waals surface area (Å²) in [6.07, 6.45) is -4.51. The highest BCUT2D eigenvalue weighted by Gasteiger charge is 2.32. The Hall–Kier alpha value is -2.41. The fourth-order valence-electron chi connectivity index (χ4n) is 3.28. The van der Waals surface area contributed by atoms with Gasteiger partial charge >= 0.3 is 6.18 Å². The quantitative estimate of drug-likeness (QED) is 0.684. The Kier molecular flexibility index (Phi) is 6.57. The van der Waals surface area contributed by atoms with E-state index in [0.717, 1.165) is 12.1 Å². The summed E-state index contributed by atoms with van der Waals surface area (Å²) in [5, 5.41) is 0.527. The Morgan fingerprint density at radius 3 is 2.41 bits per heavy atom. The van der Waals surface area contributed by atoms with Crippen molar-refractivity contribution in [2.75, 3.05) is 31.1 Å². The molecule has 1 saturated heterocycles. The van der Waals surface area contributed by atoms with Crippen LogP contribution in [0.4, 0.5) is 18.9 Å². The van der Waals surface area contributed by atoms with E-state index in [1.165, 1.54) is 6.07 Å². The summed E-state index contributed by atoms with van der Waals surface area (Å²) in [7, 11) is 0. The van der Waals surface area contributed by atoms with Gasteiger partial charge < -0.3 is 14.5 Å². The third-order valence-electron chi connectivity index (χ3n) is 4.85. The summed E-state index contributed by atoms with van der Waals surface area (Å²) in [4.78, 5) is 16.4. The molecule has 29 heavy (non-hydrogen) atoms. The molecule has 3 rings (SSSR count). The summed E-state index contributed by atoms with van der Waals surface area (Å²) >= 11 is 5.96. The fourth-order valence-corrected chi connectivity index (χ4v) is 3.46. The molecule has 1 atom stereocenters. The zero-order valence-electron chi connectivity index (χ0n) is 16.0. The zero-order valence-corrected chi connectivity index (χ0v) is 16.7. The highest BCUT2D eigenvalue weighted by molar-refractivity contribution is 6.30. The molecule has 0 saturated carbocycles. The van der Waals surface area contributed by atoms with Gasteiger partial charge in [-0.25, -0.2) is 0 Å². The number of hydrogen-bond donors (Lipinski definition) is 0. The van der Waals surface area contributed by atoms with Crippen molar-refractivity contribution in [1.29, 1.82) is 0 Å². The van der Waals surface area contributed by atoms with Crippen molar-refractivity contribution in [3.05, 3.63) is 59.1 Å². The molecular formula is C21H22ClF3N2O2. The molecule has 1 fully saturated rings. The van der Waals surface area contributed by atoms with Crippen molar-refractivity contribution < 1.29 is 22.7 Å². The molecule has 0 N–H and O–H groups in total. The van der Waals surface area contributed by atoms with E-state index in [0.29, 0.717) is 49.1 Å². The SMILES string of the molecule is CC[C@@H](Oc1cccc(Cl)c1)C(=O)N1CCN(c2cccc(C(F)(F)F)c2)CC1. The van der Waals surface area contributed by atoms with Crippen molar-refractivity contribution in [2.45, 2.75) is 25.6 Å². The normalized spacial score (nSPS) is 15.9. The monoisotopic (exact) mass is 426 g/mol. The summed E-state index contributed by atoms with van der Waals surface area (Å²) in [5.41, 5.74) is -0.163. The topological polar surface area (TPSA) is 32.8 Å². The smallest absolute Gasteiger partial charge is 0.416 e. The Labute approximate surface area is 172 Å². The predicted molar refractivity (Wildman–Crippen MR) is 106 cm³/mol. The van der Waals surface area contributed by atoms with E-state index in [1.807, 2.05) is 11.8 Å². The first-order chi connectivity index (χ1) is 13.8. The van der Waals surface area contributed by atoms with Crippen molar-refractivity contribution in [1.82, 2.24) is 4.90 Å². The van der Waals surface area contributed by atoms with Gasteiger partial charge in [-0.15, -0.1) is 0 Å². The Morgan fingerprint density at radius 2 is 1.79 bits per heavy atom. The number of anilines is 1. The van der Waals surface area contributed by atoms with E-state index in [9.17, 15) is 18.0 Å². The van der Waals surface area contributed by atoms with Crippen LogP contribution in [-0.4, -0.2) is 43.1 Å². The van der Waals surface area contributed by atoms with Crippen LogP contribution in [0.25, 0.3) is 0 Å². The summed E-state index contributed by atoms with van der Waals surface area (Å²) in [5.74, 6) is 0.400. The van der Waals surface area contributed by atoms with Crippen LogP contribution in [0.1, 0.15) is 18.9 Å². The van der Waals surface area contributed by atoms with Crippen molar-refractivity contribution >= 4 is 23.2 Å². The number of piperazine rings is 1. The van der Waals surface area contributed by atoms with Crippen LogP contribution < -0.4 is 9.64 Å². The van der Waals surface area contributed by atoms with E-state index >= 15 is 0 Å². The van der Waals surface area contributed by atoms with Crippen LogP contribution in [0.2, 0.25) is 5.02 Å². The molecule has 8 heteroatoms. The molecule has 0 radical (unpaired) electrons. The van der Waals surface area contributed by atoms with Crippen LogP contribution in [0.3, 0.4) is 0 Å². The number of hydrogen-bond acceptors (Lipinski definition) is 3. The van der Waals surface area contributed by atoms with Gasteiger partial charge in [-0.1, -0.05) is 30.7 Å². The first-order valence-electron chi connectivity index (χ1n) is 9.41. The van der Waals surface area contributed by atoms with Gasteiger partial charge in [0.25, 0.3) is 5.91 Å². The molecule has 0 aromatic heterocycles. The maximum atomic E-state index is 12.9. The van der Waals surface area contributed by atoms with Crippen LogP contribution in [0, 0.1) is 0 Å². The molecule has 0 spiro atoms. The molecule has 4 nitrogen and oxygen atoms in total. The molecule has 2 aromatic carbocycles. The average Bonchev–Trinajstić information content (AvgIpc) is 2.71. The van der Waals surface area contributed by atoms with Gasteiger partial charge in [-0.05, 0) is 42.8 Å². The molecule has 1 aliphatic rings. The van der Waals surface area contributed by atoms with Crippen molar-refractivity contribution in [3.63, 3.8) is 0 Å². The van der Waals surface area contributed by atoms with Gasteiger partial charge in [-0.3, -0.25) is 4.79 Å². The Bertz CT molecular complexity index is 852. The number of carbonyl (C=O) groups excluding carboxylic acids is 1. The minimum atomic E-state index is -4.38. The van der Waals surface area contributed by atoms with Crippen LogP contribution in [0.15, 0.2) is 48.5 Å². The van der Waals surface area contributed by atoms with E-state index < -0.39 is 17.8 Å². The Balaban J connectivity index is 1.61. The fraction of sp³-hybridized carbons (Fsp3) is 0.381. The zero-order chi connectivity index (χ0) is 21.0. The lowest BCUT2D eigenvalue weighted by molar-refractivity contribution is -0.139. The highest BCUT2D eigenvalue weighted by Crippen LogP contribution is 2.32. The number of alkyl halides is 3. The molecular weight excluding hydrogens is 405 g/mol. The number of carbonyl (C=O) groups is 1. The number of nitrogens with zero attached hydrogens (tertiary/aromatic N) is 2. The minimum absolute atomic E-state index is 0.129. The first kappa shape index (κ1) is 21.3. The lowest BCUT2D eigenvalue weighted by atomic mass is 10.1. The maximum Gasteiger partial charge on any atom is 0.416 e. The number of halogens is 4. The van der Waals surface area contributed by atoms with Crippen LogP contribution in [-0.2, 0) is 11.0 Å². The van der Waals surface area contributed by atoms with E-state index in [-0.39, 0.29) is 5.91 Å². The summed E-state index contributed by atoms with van der Waals surface area (Å²) < 4.78 is 44.6. The number of ether oxygens (including phenoxy) is 1. The van der Waals surface area contributed by atoms with E-state index in [2.05, 4.69) is 0 Å². The first-order valence-corrected chi connectivity index (χ1v) is 9.79. The standard InChI is InChI=1S/C21H22ClF3N2O2/c1-2-19(29-18-8-4-6-16(22)14-18)20(28)27-11-9-26(10-12-27)17-7-3-5-15(13-17)21(23,24)25/h3-8,13-14,19H,2,9-12H2,1H3/t19-/m1/s1. The second-order valence-corrected chi connectivity index (χ2v) is 7.27. The van der Waals surface area contributed by atoms with Gasteiger partial charge in [0.1, 0.15) is 5.75 Å². The van der Waals surface area contributed by atoms with Gasteiger partial charge in [0.15, 0.2) is 6.10 Å². The van der Waals surface area contributed by atoms with Crippen molar-refractivity contribution in [2.24, 2.45) is 0 Å². The molecule has 0 aliphatic carbocycles. The average molecular weight is 427 g/mol. The number of amides is 1. The van der Waals surface area contributed by atoms with E-state index in [4.69, 9.17) is 16.3 Å². The highest BCUT2D eigenvalue weighted by atomic mass is 35.5. The van der Waals surface area contributed by atoms with Gasteiger partial charge in [0.2, 0.25) is 0 Å². The predicted octanol–water partition coefficient (Wildman–Crippen LogP) is 4.87. The second kappa shape index (κ2) is 8.95. The Morgan fingerprint density at radius 1 is 1.10 bits per heavy atom. The molecule has 0 unspecified atom stereocenters. The number of benzene rings is 2. The maximum absolute atomic E-state index is 12.9. The second-order valence-electron chi connectivity index (χ2n) is 6.83. The molecule has 1 aliphatic heterocycles. The van der Waals surface area contributed by atoms with Crippen molar-refractivity contribution in [3.8, 4) is 5.75 Å². The van der Waals surface area contributed by atoms with Crippen LogP contribution >= 0.6 is 11.6 Å². The van der Waals surface area contributed by atoms with Gasteiger partial charge in [0, 0.05) is 36.9 Å². The third kappa shape index (κ3) is 5.35. The van der Waals surface area contributed by atoms with Gasteiger partial charge in [-0.2, -0.15) is 13.2 Å². The third-order valence-corrected chi connectivity index (χ3v) is 5.09. The lowest BCUT2D eigenvalue weighted by Gasteiger charge is -2.37. The molecule has 0 bridgehead atoms. The summed E-state index contributed by atoms with van der Waals surface area (Å²) in [6.45, 7) is 3.63. The van der Waals surface area contributed by atoms with Gasteiger partial charge in [0.05, 0.1) is 5.56 Å². The molecule has 156 valence electrons. The molecule has 2 aromatic rings. The minimum Gasteiger partial charge on any atom is -0.481 e. The largest absolute Gasteiger partial charge is 0.481 e. The van der Waals surface area contributed by atoms with E-state index in [1.54, 1.807) is 35.2 Å². The molecule has 1 amide bonds. The summed E-state index contributed by atoms with van der Waals surface area (Å²) in [6, 6.07) is 12.1. The number of rotatable bonds is 5. The lowest BCUT2D eigenvalue weighted by Crippen LogP contribution is -2.52. The van der Waals surface area contributed by atoms with Crippen LogP contribution in [0.5, 0.6) is 5.75 Å². The molecule has 1 heterocycles.